The number of likely N-dealkylation sites (tertiary alicyclic amines) is 1. The third-order valence-electron chi connectivity index (χ3n) is 6.27. The summed E-state index contributed by atoms with van der Waals surface area (Å²) in [6.07, 6.45) is 0.465. The van der Waals surface area contributed by atoms with E-state index in [4.69, 9.17) is 14.2 Å². The lowest BCUT2D eigenvalue weighted by molar-refractivity contribution is -0.146. The molecule has 1 heterocycles. The number of nitrogens with zero attached hydrogens (tertiary/aromatic N) is 1. The van der Waals surface area contributed by atoms with Gasteiger partial charge in [-0.05, 0) is 41.3 Å². The molecule has 0 bridgehead atoms. The summed E-state index contributed by atoms with van der Waals surface area (Å²) in [6, 6.07) is 22.3. The number of carbonyl (C=O) groups excluding carboxylic acids is 2. The number of benzene rings is 3. The van der Waals surface area contributed by atoms with Crippen LogP contribution in [0.1, 0.15) is 22.3 Å². The topological polar surface area (TPSA) is 77.1 Å². The third kappa shape index (κ3) is 5.63. The molecule has 3 aromatic rings. The largest absolute Gasteiger partial charge is 0.497 e. The summed E-state index contributed by atoms with van der Waals surface area (Å²) in [6.45, 7) is 0.999. The molecule has 0 aliphatic carbocycles. The van der Waals surface area contributed by atoms with E-state index < -0.39 is 6.04 Å². The Labute approximate surface area is 205 Å². The van der Waals surface area contributed by atoms with E-state index >= 15 is 0 Å². The minimum Gasteiger partial charge on any atom is -0.497 e. The Morgan fingerprint density at radius 1 is 0.914 bits per heavy atom. The fraction of sp³-hybridized carbons (Fsp3) is 0.286. The molecule has 7 nitrogen and oxygen atoms in total. The predicted octanol–water partition coefficient (Wildman–Crippen LogP) is 3.92. The van der Waals surface area contributed by atoms with Crippen molar-refractivity contribution in [3.8, 4) is 22.6 Å². The normalized spacial score (nSPS) is 17.6. The first kappa shape index (κ1) is 24.3. The number of hydrogen-bond acceptors (Lipinski definition) is 6. The predicted molar refractivity (Wildman–Crippen MR) is 134 cm³/mol. The zero-order valence-corrected chi connectivity index (χ0v) is 20.2. The van der Waals surface area contributed by atoms with E-state index in [-0.39, 0.29) is 17.9 Å². The molecule has 182 valence electrons. The van der Waals surface area contributed by atoms with Crippen LogP contribution in [-0.4, -0.2) is 56.7 Å². The van der Waals surface area contributed by atoms with E-state index in [2.05, 4.69) is 5.32 Å². The molecule has 0 unspecified atom stereocenters. The second-order valence-corrected chi connectivity index (χ2v) is 8.51. The SMILES string of the molecule is COC(=O)[C@@H]1C[C@@H](NC(=O)c2ccccc2-c2ccccc2)CN1Cc1cc(OC)cc(OC)c1. The number of hydrogen-bond donors (Lipinski definition) is 1. The molecular weight excluding hydrogens is 444 g/mol. The van der Waals surface area contributed by atoms with Gasteiger partial charge in [-0.2, -0.15) is 0 Å². The van der Waals surface area contributed by atoms with Crippen LogP contribution in [0.5, 0.6) is 11.5 Å². The summed E-state index contributed by atoms with van der Waals surface area (Å²) in [5.74, 6) is 0.871. The van der Waals surface area contributed by atoms with Gasteiger partial charge >= 0.3 is 5.97 Å². The highest BCUT2D eigenvalue weighted by atomic mass is 16.5. The van der Waals surface area contributed by atoms with E-state index in [1.165, 1.54) is 7.11 Å². The Morgan fingerprint density at radius 3 is 2.23 bits per heavy atom. The molecule has 1 N–H and O–H groups in total. The second kappa shape index (κ2) is 11.1. The van der Waals surface area contributed by atoms with Crippen LogP contribution < -0.4 is 14.8 Å². The highest BCUT2D eigenvalue weighted by Crippen LogP contribution is 2.28. The average molecular weight is 475 g/mol. The lowest BCUT2D eigenvalue weighted by atomic mass is 9.99. The van der Waals surface area contributed by atoms with Crippen molar-refractivity contribution in [2.24, 2.45) is 0 Å². The molecule has 0 spiro atoms. The van der Waals surface area contributed by atoms with Crippen molar-refractivity contribution in [2.75, 3.05) is 27.9 Å². The van der Waals surface area contributed by atoms with Gasteiger partial charge in [0.1, 0.15) is 17.5 Å². The maximum atomic E-state index is 13.3. The summed E-state index contributed by atoms with van der Waals surface area (Å²) in [4.78, 5) is 27.9. The monoisotopic (exact) mass is 474 g/mol. The Hall–Kier alpha value is -3.84. The highest BCUT2D eigenvalue weighted by molar-refractivity contribution is 6.01. The lowest BCUT2D eigenvalue weighted by Gasteiger charge is -2.22. The maximum Gasteiger partial charge on any atom is 0.323 e. The Morgan fingerprint density at radius 2 is 1.57 bits per heavy atom. The number of carbonyl (C=O) groups is 2. The van der Waals surface area contributed by atoms with E-state index in [1.807, 2.05) is 71.6 Å². The molecule has 4 rings (SSSR count). The van der Waals surface area contributed by atoms with Crippen LogP contribution in [0.15, 0.2) is 72.8 Å². The first-order valence-corrected chi connectivity index (χ1v) is 11.5. The quantitative estimate of drug-likeness (QED) is 0.499. The summed E-state index contributed by atoms with van der Waals surface area (Å²) in [5, 5.41) is 3.14. The minimum atomic E-state index is -0.466. The average Bonchev–Trinajstić information content (AvgIpc) is 3.30. The van der Waals surface area contributed by atoms with Gasteiger partial charge in [0, 0.05) is 30.8 Å². The summed E-state index contributed by atoms with van der Waals surface area (Å²) < 4.78 is 15.8. The summed E-state index contributed by atoms with van der Waals surface area (Å²) >= 11 is 0. The van der Waals surface area contributed by atoms with Crippen molar-refractivity contribution in [2.45, 2.75) is 25.0 Å². The maximum absolute atomic E-state index is 13.3. The molecular formula is C28H30N2O5. The highest BCUT2D eigenvalue weighted by Gasteiger charge is 2.38. The molecule has 35 heavy (non-hydrogen) atoms. The zero-order valence-electron chi connectivity index (χ0n) is 20.2. The number of esters is 1. The Bertz CT molecular complexity index is 1160. The van der Waals surface area contributed by atoms with Gasteiger partial charge in [0.25, 0.3) is 5.91 Å². The third-order valence-corrected chi connectivity index (χ3v) is 6.27. The molecule has 1 fully saturated rings. The molecule has 2 atom stereocenters. The van der Waals surface area contributed by atoms with Crippen LogP contribution >= 0.6 is 0 Å². The van der Waals surface area contributed by atoms with Crippen LogP contribution in [0.4, 0.5) is 0 Å². The molecule has 1 saturated heterocycles. The molecule has 0 saturated carbocycles. The number of ether oxygens (including phenoxy) is 3. The fourth-order valence-electron chi connectivity index (χ4n) is 4.57. The van der Waals surface area contributed by atoms with Crippen molar-refractivity contribution in [1.29, 1.82) is 0 Å². The summed E-state index contributed by atoms with van der Waals surface area (Å²) in [5.41, 5.74) is 3.39. The molecule has 3 aromatic carbocycles. The van der Waals surface area contributed by atoms with Gasteiger partial charge in [-0.3, -0.25) is 14.5 Å². The van der Waals surface area contributed by atoms with Gasteiger partial charge in [-0.1, -0.05) is 48.5 Å². The standard InChI is InChI=1S/C28H30N2O5/c1-33-22-13-19(14-23(16-22)34-2)17-30-18-21(15-26(30)28(32)35-3)29-27(31)25-12-8-7-11-24(25)20-9-5-4-6-10-20/h4-14,16,21,26H,15,17-18H2,1-3H3,(H,29,31)/t21-,26+/m1/s1. The van der Waals surface area contributed by atoms with Crippen LogP contribution in [0, 0.1) is 0 Å². The van der Waals surface area contributed by atoms with Crippen LogP contribution in [0.3, 0.4) is 0 Å². The molecule has 0 aromatic heterocycles. The van der Waals surface area contributed by atoms with Crippen LogP contribution in [-0.2, 0) is 16.1 Å². The van der Waals surface area contributed by atoms with E-state index in [0.29, 0.717) is 36.6 Å². The number of amides is 1. The summed E-state index contributed by atoms with van der Waals surface area (Å²) in [7, 11) is 4.59. The van der Waals surface area contributed by atoms with Crippen molar-refractivity contribution in [3.05, 3.63) is 83.9 Å². The molecule has 1 aliphatic heterocycles. The number of nitrogens with one attached hydrogen (secondary N) is 1. The smallest absolute Gasteiger partial charge is 0.323 e. The first-order chi connectivity index (χ1) is 17.0. The Kier molecular flexibility index (Phi) is 7.67. The van der Waals surface area contributed by atoms with Crippen LogP contribution in [0.2, 0.25) is 0 Å². The van der Waals surface area contributed by atoms with Crippen molar-refractivity contribution < 1.29 is 23.8 Å². The molecule has 1 amide bonds. The van der Waals surface area contributed by atoms with Gasteiger partial charge < -0.3 is 19.5 Å². The Balaban J connectivity index is 1.53. The first-order valence-electron chi connectivity index (χ1n) is 11.5. The molecule has 7 heteroatoms. The van der Waals surface area contributed by atoms with E-state index in [9.17, 15) is 9.59 Å². The van der Waals surface area contributed by atoms with Gasteiger partial charge in [-0.15, -0.1) is 0 Å². The van der Waals surface area contributed by atoms with E-state index in [0.717, 1.165) is 16.7 Å². The minimum absolute atomic E-state index is 0.164. The fourth-order valence-corrected chi connectivity index (χ4v) is 4.57. The van der Waals surface area contributed by atoms with Gasteiger partial charge in [0.05, 0.1) is 21.3 Å². The lowest BCUT2D eigenvalue weighted by Crippen LogP contribution is -2.37. The molecule has 1 aliphatic rings. The van der Waals surface area contributed by atoms with Gasteiger partial charge in [0.15, 0.2) is 0 Å². The second-order valence-electron chi connectivity index (χ2n) is 8.51. The zero-order chi connectivity index (χ0) is 24.8. The van der Waals surface area contributed by atoms with E-state index in [1.54, 1.807) is 20.3 Å². The van der Waals surface area contributed by atoms with Crippen molar-refractivity contribution in [3.63, 3.8) is 0 Å². The van der Waals surface area contributed by atoms with Crippen molar-refractivity contribution in [1.82, 2.24) is 10.2 Å². The van der Waals surface area contributed by atoms with Gasteiger partial charge in [0.2, 0.25) is 0 Å². The number of rotatable bonds is 8. The van der Waals surface area contributed by atoms with Crippen molar-refractivity contribution >= 4 is 11.9 Å². The molecule has 0 radical (unpaired) electrons. The van der Waals surface area contributed by atoms with Gasteiger partial charge in [-0.25, -0.2) is 0 Å². The van der Waals surface area contributed by atoms with Crippen LogP contribution in [0.25, 0.3) is 11.1 Å². The number of methoxy groups -OCH3 is 3.